The van der Waals surface area contributed by atoms with E-state index in [1.807, 2.05) is 36.5 Å². The van der Waals surface area contributed by atoms with Crippen LogP contribution in [-0.4, -0.2) is 17.9 Å². The number of fused-ring (bicyclic) bond motifs is 1. The van der Waals surface area contributed by atoms with Crippen molar-refractivity contribution < 1.29 is 0 Å². The quantitative estimate of drug-likeness (QED) is 0.769. The number of allylic oxidation sites excluding steroid dienone is 1. The van der Waals surface area contributed by atoms with E-state index in [-0.39, 0.29) is 0 Å². The fraction of sp³-hybridized carbons (Fsp3) is 0.0769. The molecule has 2 heterocycles. The van der Waals surface area contributed by atoms with Crippen LogP contribution in [-0.2, 0) is 0 Å². The third kappa shape index (κ3) is 1.89. The Kier molecular flexibility index (Phi) is 2.53. The summed E-state index contributed by atoms with van der Waals surface area (Å²) in [6.07, 6.45) is 7.53. The van der Waals surface area contributed by atoms with Crippen molar-refractivity contribution in [1.29, 1.82) is 0 Å². The highest BCUT2D eigenvalue weighted by atomic mass is 35.5. The van der Waals surface area contributed by atoms with Crippen LogP contribution >= 0.6 is 11.6 Å². The van der Waals surface area contributed by atoms with E-state index in [9.17, 15) is 0 Å². The maximum Gasteiger partial charge on any atom is 0.114 e. The van der Waals surface area contributed by atoms with Crippen LogP contribution < -0.4 is 4.90 Å². The number of aliphatic imine (C=N–C) groups is 1. The van der Waals surface area contributed by atoms with Crippen LogP contribution in [0.15, 0.2) is 47.7 Å². The molecule has 4 heteroatoms. The van der Waals surface area contributed by atoms with Crippen molar-refractivity contribution >= 4 is 34.4 Å². The van der Waals surface area contributed by atoms with Crippen LogP contribution in [0.25, 0.3) is 10.9 Å². The van der Waals surface area contributed by atoms with Crippen molar-refractivity contribution in [3.63, 3.8) is 0 Å². The van der Waals surface area contributed by atoms with Gasteiger partial charge in [-0.25, -0.2) is 0 Å². The molecule has 3 nitrogen and oxygen atoms in total. The Morgan fingerprint density at radius 3 is 3.00 bits per heavy atom. The van der Waals surface area contributed by atoms with Gasteiger partial charge < -0.3 is 4.90 Å². The number of halogens is 1. The predicted octanol–water partition coefficient (Wildman–Crippen LogP) is 3.25. The fourth-order valence-corrected chi connectivity index (χ4v) is 2.06. The normalized spacial score (nSPS) is 14.5. The molecule has 0 amide bonds. The molecular weight excluding hydrogens is 234 g/mol. The number of anilines is 1. The molecule has 84 valence electrons. The van der Waals surface area contributed by atoms with E-state index in [1.54, 1.807) is 12.4 Å². The molecular formula is C13H10ClN3. The number of nitrogens with zero attached hydrogens (tertiary/aromatic N) is 3. The average molecular weight is 244 g/mol. The van der Waals surface area contributed by atoms with Gasteiger partial charge in [-0.3, -0.25) is 9.98 Å². The Bertz CT molecular complexity index is 619. The van der Waals surface area contributed by atoms with E-state index in [2.05, 4.69) is 14.9 Å². The molecule has 0 saturated heterocycles. The number of hydrogen-bond donors (Lipinski definition) is 0. The summed E-state index contributed by atoms with van der Waals surface area (Å²) in [4.78, 5) is 10.6. The van der Waals surface area contributed by atoms with Crippen molar-refractivity contribution in [3.8, 4) is 0 Å². The van der Waals surface area contributed by atoms with Gasteiger partial charge in [0, 0.05) is 29.0 Å². The van der Waals surface area contributed by atoms with Crippen LogP contribution in [0.5, 0.6) is 0 Å². The summed E-state index contributed by atoms with van der Waals surface area (Å²) >= 11 is 5.97. The van der Waals surface area contributed by atoms with E-state index in [1.165, 1.54) is 0 Å². The molecule has 1 aliphatic rings. The molecule has 0 unspecified atom stereocenters. The summed E-state index contributed by atoms with van der Waals surface area (Å²) in [6.45, 7) is 0.637. The van der Waals surface area contributed by atoms with Crippen LogP contribution in [0.2, 0.25) is 5.02 Å². The minimum absolute atomic E-state index is 0.637. The molecule has 0 spiro atoms. The topological polar surface area (TPSA) is 28.5 Å². The van der Waals surface area contributed by atoms with E-state index in [0.29, 0.717) is 11.7 Å². The molecule has 0 saturated carbocycles. The van der Waals surface area contributed by atoms with Gasteiger partial charge in [-0.05, 0) is 30.3 Å². The molecule has 0 bridgehead atoms. The van der Waals surface area contributed by atoms with Gasteiger partial charge in [0.25, 0.3) is 0 Å². The SMILES string of the molecule is Clc1ccc2c(N3C=CC=NC3)ccnc2c1. The van der Waals surface area contributed by atoms with Gasteiger partial charge in [-0.15, -0.1) is 0 Å². The maximum absolute atomic E-state index is 5.97. The first-order chi connectivity index (χ1) is 8.34. The van der Waals surface area contributed by atoms with Crippen molar-refractivity contribution in [2.75, 3.05) is 11.6 Å². The lowest BCUT2D eigenvalue weighted by molar-refractivity contribution is 0.974. The van der Waals surface area contributed by atoms with Crippen LogP contribution in [0.4, 0.5) is 5.69 Å². The highest BCUT2D eigenvalue weighted by Crippen LogP contribution is 2.27. The highest BCUT2D eigenvalue weighted by Gasteiger charge is 2.09. The Balaban J connectivity index is 2.16. The molecule has 0 radical (unpaired) electrons. The first kappa shape index (κ1) is 10.3. The monoisotopic (exact) mass is 243 g/mol. The third-order valence-electron chi connectivity index (χ3n) is 2.68. The first-order valence-corrected chi connectivity index (χ1v) is 5.70. The van der Waals surface area contributed by atoms with E-state index >= 15 is 0 Å². The van der Waals surface area contributed by atoms with Crippen molar-refractivity contribution in [2.24, 2.45) is 4.99 Å². The first-order valence-electron chi connectivity index (χ1n) is 5.32. The zero-order chi connectivity index (χ0) is 11.7. The smallest absolute Gasteiger partial charge is 0.114 e. The second-order valence-electron chi connectivity index (χ2n) is 3.78. The Hall–Kier alpha value is -1.87. The van der Waals surface area contributed by atoms with Gasteiger partial charge in [0.1, 0.15) is 6.67 Å². The fourth-order valence-electron chi connectivity index (χ4n) is 1.90. The molecule has 0 aliphatic carbocycles. The lowest BCUT2D eigenvalue weighted by Crippen LogP contribution is -2.18. The Labute approximate surface area is 104 Å². The Morgan fingerprint density at radius 2 is 2.18 bits per heavy atom. The second-order valence-corrected chi connectivity index (χ2v) is 4.21. The molecule has 1 aliphatic heterocycles. The molecule has 3 rings (SSSR count). The van der Waals surface area contributed by atoms with Crippen molar-refractivity contribution in [2.45, 2.75) is 0 Å². The van der Waals surface area contributed by atoms with E-state index in [4.69, 9.17) is 11.6 Å². The van der Waals surface area contributed by atoms with Gasteiger partial charge in [0.2, 0.25) is 0 Å². The summed E-state index contributed by atoms with van der Waals surface area (Å²) in [7, 11) is 0. The van der Waals surface area contributed by atoms with Gasteiger partial charge in [-0.2, -0.15) is 0 Å². The van der Waals surface area contributed by atoms with Crippen LogP contribution in [0, 0.1) is 0 Å². The molecule has 0 N–H and O–H groups in total. The van der Waals surface area contributed by atoms with Gasteiger partial charge in [-0.1, -0.05) is 11.6 Å². The highest BCUT2D eigenvalue weighted by molar-refractivity contribution is 6.31. The number of aromatic nitrogens is 1. The zero-order valence-corrected chi connectivity index (χ0v) is 9.80. The third-order valence-corrected chi connectivity index (χ3v) is 2.92. The van der Waals surface area contributed by atoms with E-state index < -0.39 is 0 Å². The lowest BCUT2D eigenvalue weighted by atomic mass is 10.2. The predicted molar refractivity (Wildman–Crippen MR) is 71.7 cm³/mol. The summed E-state index contributed by atoms with van der Waals surface area (Å²) in [5, 5.41) is 1.79. The summed E-state index contributed by atoms with van der Waals surface area (Å²) < 4.78 is 0. The van der Waals surface area contributed by atoms with Crippen LogP contribution in [0.1, 0.15) is 0 Å². The number of pyridine rings is 1. The standard InChI is InChI=1S/C13H10ClN3/c14-10-2-3-11-12(8-10)16-6-4-13(11)17-7-1-5-15-9-17/h1-8H,9H2. The maximum atomic E-state index is 5.97. The largest absolute Gasteiger partial charge is 0.327 e. The summed E-state index contributed by atoms with van der Waals surface area (Å²) in [6, 6.07) is 7.73. The number of hydrogen-bond acceptors (Lipinski definition) is 3. The molecule has 0 fully saturated rings. The minimum Gasteiger partial charge on any atom is -0.327 e. The lowest BCUT2D eigenvalue weighted by Gasteiger charge is -2.21. The Morgan fingerprint density at radius 1 is 1.24 bits per heavy atom. The molecule has 1 aromatic carbocycles. The molecule has 2 aromatic rings. The van der Waals surface area contributed by atoms with Gasteiger partial charge in [0.05, 0.1) is 11.2 Å². The van der Waals surface area contributed by atoms with Crippen LogP contribution in [0.3, 0.4) is 0 Å². The second kappa shape index (κ2) is 4.18. The van der Waals surface area contributed by atoms with E-state index in [0.717, 1.165) is 16.6 Å². The molecule has 17 heavy (non-hydrogen) atoms. The molecule has 0 atom stereocenters. The van der Waals surface area contributed by atoms with Crippen molar-refractivity contribution in [1.82, 2.24) is 4.98 Å². The summed E-state index contributed by atoms with van der Waals surface area (Å²) in [5.74, 6) is 0. The number of benzene rings is 1. The van der Waals surface area contributed by atoms with Gasteiger partial charge in [0.15, 0.2) is 0 Å². The zero-order valence-electron chi connectivity index (χ0n) is 9.05. The van der Waals surface area contributed by atoms with Gasteiger partial charge >= 0.3 is 0 Å². The summed E-state index contributed by atoms with van der Waals surface area (Å²) in [5.41, 5.74) is 2.00. The van der Waals surface area contributed by atoms with Crippen molar-refractivity contribution in [3.05, 3.63) is 47.8 Å². The molecule has 1 aromatic heterocycles. The minimum atomic E-state index is 0.637. The number of rotatable bonds is 1. The average Bonchev–Trinajstić information content (AvgIpc) is 2.39.